The first-order valence-corrected chi connectivity index (χ1v) is 12.9. The standard InChI is InChI=1S/C25H28N6O2S/c1-18-10-12-22(13-11-18)34(32,33)30-15-7-14-29(16-17-30)24-23-19(2)28-31(21-8-5-4-6-9-21)25(23)27-20(3)26-24/h4-6,8-13H,7,14-17H2,1-3H3. The first-order chi connectivity index (χ1) is 16.3. The molecule has 1 aliphatic heterocycles. The fourth-order valence-electron chi connectivity index (χ4n) is 4.45. The van der Waals surface area contributed by atoms with E-state index in [1.165, 1.54) is 0 Å². The fraction of sp³-hybridized carbons (Fsp3) is 0.320. The number of sulfonamides is 1. The molecule has 2 aromatic carbocycles. The lowest BCUT2D eigenvalue weighted by molar-refractivity contribution is 0.433. The quantitative estimate of drug-likeness (QED) is 0.447. The van der Waals surface area contributed by atoms with E-state index in [-0.39, 0.29) is 0 Å². The smallest absolute Gasteiger partial charge is 0.243 e. The summed E-state index contributed by atoms with van der Waals surface area (Å²) in [6, 6.07) is 17.0. The number of anilines is 1. The molecule has 4 aromatic rings. The third-order valence-corrected chi connectivity index (χ3v) is 8.12. The van der Waals surface area contributed by atoms with Crippen molar-refractivity contribution < 1.29 is 8.42 Å². The maximum Gasteiger partial charge on any atom is 0.243 e. The van der Waals surface area contributed by atoms with Gasteiger partial charge in [0.05, 0.1) is 21.7 Å². The maximum atomic E-state index is 13.2. The first-order valence-electron chi connectivity index (χ1n) is 11.5. The minimum absolute atomic E-state index is 0.340. The Bertz CT molecular complexity index is 1430. The highest BCUT2D eigenvalue weighted by molar-refractivity contribution is 7.89. The van der Waals surface area contributed by atoms with Gasteiger partial charge in [0.1, 0.15) is 11.6 Å². The normalized spacial score (nSPS) is 15.6. The van der Waals surface area contributed by atoms with Crippen molar-refractivity contribution in [3.05, 3.63) is 71.7 Å². The molecule has 3 heterocycles. The Hall–Kier alpha value is -3.30. The predicted molar refractivity (Wildman–Crippen MR) is 133 cm³/mol. The number of fused-ring (bicyclic) bond motifs is 1. The van der Waals surface area contributed by atoms with Crippen LogP contribution in [0.5, 0.6) is 0 Å². The van der Waals surface area contributed by atoms with E-state index in [1.54, 1.807) is 16.4 Å². The molecule has 1 aliphatic rings. The molecule has 176 valence electrons. The third kappa shape index (κ3) is 4.05. The van der Waals surface area contributed by atoms with Gasteiger partial charge in [0.15, 0.2) is 5.65 Å². The van der Waals surface area contributed by atoms with Gasteiger partial charge in [-0.1, -0.05) is 35.9 Å². The number of benzene rings is 2. The van der Waals surface area contributed by atoms with Crippen LogP contribution in [-0.2, 0) is 10.0 Å². The van der Waals surface area contributed by atoms with Crippen molar-refractivity contribution in [2.45, 2.75) is 32.1 Å². The summed E-state index contributed by atoms with van der Waals surface area (Å²) in [5, 5.41) is 5.67. The topological polar surface area (TPSA) is 84.2 Å². The second-order valence-electron chi connectivity index (χ2n) is 8.68. The minimum Gasteiger partial charge on any atom is -0.355 e. The van der Waals surface area contributed by atoms with E-state index in [1.807, 2.05) is 67.9 Å². The lowest BCUT2D eigenvalue weighted by atomic mass is 10.2. The lowest BCUT2D eigenvalue weighted by Crippen LogP contribution is -2.35. The van der Waals surface area contributed by atoms with Gasteiger partial charge in [0.25, 0.3) is 0 Å². The summed E-state index contributed by atoms with van der Waals surface area (Å²) in [6.45, 7) is 7.93. The van der Waals surface area contributed by atoms with Crippen LogP contribution in [0.2, 0.25) is 0 Å². The zero-order valence-corrected chi connectivity index (χ0v) is 20.5. The lowest BCUT2D eigenvalue weighted by Gasteiger charge is -2.23. The molecule has 8 nitrogen and oxygen atoms in total. The summed E-state index contributed by atoms with van der Waals surface area (Å²) in [5.74, 6) is 1.48. The summed E-state index contributed by atoms with van der Waals surface area (Å²) in [5.41, 5.74) is 3.59. The number of hydrogen-bond acceptors (Lipinski definition) is 6. The summed E-state index contributed by atoms with van der Waals surface area (Å²) >= 11 is 0. The van der Waals surface area contributed by atoms with E-state index in [4.69, 9.17) is 15.1 Å². The highest BCUT2D eigenvalue weighted by Crippen LogP contribution is 2.30. The molecular formula is C25H28N6O2S. The van der Waals surface area contributed by atoms with Gasteiger partial charge in [0.2, 0.25) is 10.0 Å². The van der Waals surface area contributed by atoms with Gasteiger partial charge < -0.3 is 4.90 Å². The molecular weight excluding hydrogens is 448 g/mol. The Morgan fingerprint density at radius 2 is 1.56 bits per heavy atom. The Labute approximate surface area is 199 Å². The van der Waals surface area contributed by atoms with Crippen molar-refractivity contribution in [2.24, 2.45) is 0 Å². The molecule has 1 fully saturated rings. The van der Waals surface area contributed by atoms with Gasteiger partial charge in [-0.05, 0) is 51.5 Å². The van der Waals surface area contributed by atoms with E-state index in [0.717, 1.165) is 33.8 Å². The molecule has 0 N–H and O–H groups in total. The molecule has 5 rings (SSSR count). The van der Waals surface area contributed by atoms with Crippen molar-refractivity contribution in [3.63, 3.8) is 0 Å². The molecule has 0 radical (unpaired) electrons. The molecule has 2 aromatic heterocycles. The van der Waals surface area contributed by atoms with Crippen LogP contribution in [0.1, 0.15) is 23.5 Å². The molecule has 0 spiro atoms. The number of aryl methyl sites for hydroxylation is 3. The number of hydrogen-bond donors (Lipinski definition) is 0. The number of nitrogens with zero attached hydrogens (tertiary/aromatic N) is 6. The molecule has 9 heteroatoms. The minimum atomic E-state index is -3.54. The van der Waals surface area contributed by atoms with Gasteiger partial charge in [-0.25, -0.2) is 23.1 Å². The molecule has 34 heavy (non-hydrogen) atoms. The average molecular weight is 477 g/mol. The average Bonchev–Trinajstić information content (AvgIpc) is 2.99. The van der Waals surface area contributed by atoms with E-state index in [9.17, 15) is 8.42 Å². The monoisotopic (exact) mass is 476 g/mol. The van der Waals surface area contributed by atoms with Crippen LogP contribution in [0.4, 0.5) is 5.82 Å². The largest absolute Gasteiger partial charge is 0.355 e. The molecule has 1 saturated heterocycles. The SMILES string of the molecule is Cc1ccc(S(=O)(=O)N2CCCN(c3nc(C)nc4c3c(C)nn4-c3ccccc3)CC2)cc1. The Morgan fingerprint density at radius 3 is 2.29 bits per heavy atom. The molecule has 0 saturated carbocycles. The zero-order valence-electron chi connectivity index (χ0n) is 19.6. The fourth-order valence-corrected chi connectivity index (χ4v) is 5.92. The Balaban J connectivity index is 1.48. The summed E-state index contributed by atoms with van der Waals surface area (Å²) < 4.78 is 29.9. The van der Waals surface area contributed by atoms with Gasteiger partial charge in [-0.15, -0.1) is 0 Å². The number of aromatic nitrogens is 4. The summed E-state index contributed by atoms with van der Waals surface area (Å²) in [6.07, 6.45) is 0.710. The second kappa shape index (κ2) is 8.81. The van der Waals surface area contributed by atoms with Crippen LogP contribution < -0.4 is 4.90 Å². The molecule has 0 bridgehead atoms. The van der Waals surface area contributed by atoms with Crippen LogP contribution in [0.25, 0.3) is 16.7 Å². The molecule has 0 aliphatic carbocycles. The van der Waals surface area contributed by atoms with E-state index in [0.29, 0.717) is 43.3 Å². The van der Waals surface area contributed by atoms with E-state index >= 15 is 0 Å². The van der Waals surface area contributed by atoms with Crippen molar-refractivity contribution in [1.82, 2.24) is 24.1 Å². The second-order valence-corrected chi connectivity index (χ2v) is 10.6. The van der Waals surface area contributed by atoms with Gasteiger partial charge in [0, 0.05) is 26.2 Å². The Kier molecular flexibility index (Phi) is 5.83. The molecule has 0 atom stereocenters. The van der Waals surface area contributed by atoms with Crippen molar-refractivity contribution in [2.75, 3.05) is 31.1 Å². The highest BCUT2D eigenvalue weighted by Gasteiger charge is 2.29. The molecule has 0 unspecified atom stereocenters. The predicted octanol–water partition coefficient (Wildman–Crippen LogP) is 3.64. The van der Waals surface area contributed by atoms with Crippen LogP contribution >= 0.6 is 0 Å². The van der Waals surface area contributed by atoms with Crippen molar-refractivity contribution >= 4 is 26.9 Å². The Morgan fingerprint density at radius 1 is 0.824 bits per heavy atom. The summed E-state index contributed by atoms with van der Waals surface area (Å²) in [4.78, 5) is 12.0. The maximum absolute atomic E-state index is 13.2. The zero-order chi connectivity index (χ0) is 23.9. The number of para-hydroxylation sites is 1. The summed E-state index contributed by atoms with van der Waals surface area (Å²) in [7, 11) is -3.54. The number of rotatable bonds is 4. The van der Waals surface area contributed by atoms with Crippen molar-refractivity contribution in [1.29, 1.82) is 0 Å². The first kappa shape index (κ1) is 22.5. The van der Waals surface area contributed by atoms with Gasteiger partial charge >= 0.3 is 0 Å². The molecule has 0 amide bonds. The van der Waals surface area contributed by atoms with Crippen LogP contribution in [0, 0.1) is 20.8 Å². The van der Waals surface area contributed by atoms with Crippen molar-refractivity contribution in [3.8, 4) is 5.69 Å². The van der Waals surface area contributed by atoms with Crippen LogP contribution in [0.15, 0.2) is 59.5 Å². The van der Waals surface area contributed by atoms with E-state index < -0.39 is 10.0 Å². The third-order valence-electron chi connectivity index (χ3n) is 6.21. The van der Waals surface area contributed by atoms with Crippen LogP contribution in [0.3, 0.4) is 0 Å². The van der Waals surface area contributed by atoms with Gasteiger partial charge in [-0.2, -0.15) is 9.40 Å². The van der Waals surface area contributed by atoms with E-state index in [2.05, 4.69) is 4.90 Å². The highest BCUT2D eigenvalue weighted by atomic mass is 32.2. The van der Waals surface area contributed by atoms with Crippen LogP contribution in [-0.4, -0.2) is 58.7 Å². The van der Waals surface area contributed by atoms with Gasteiger partial charge in [-0.3, -0.25) is 0 Å².